The third-order valence-electron chi connectivity index (χ3n) is 6.74. The molecule has 0 unspecified atom stereocenters. The van der Waals surface area contributed by atoms with Crippen molar-refractivity contribution in [3.8, 4) is 22.6 Å². The molecule has 2 aliphatic heterocycles. The highest BCUT2D eigenvalue weighted by Gasteiger charge is 2.27. The predicted molar refractivity (Wildman–Crippen MR) is 144 cm³/mol. The molecule has 0 saturated carbocycles. The largest absolute Gasteiger partial charge is 0.465 e. The first kappa shape index (κ1) is 23.8. The van der Waals surface area contributed by atoms with Gasteiger partial charge in [0.25, 0.3) is 0 Å². The summed E-state index contributed by atoms with van der Waals surface area (Å²) < 4.78 is 5.58. The first-order valence-electron chi connectivity index (χ1n) is 12.6. The molecular weight excluding hydrogens is 482 g/mol. The highest BCUT2D eigenvalue weighted by molar-refractivity contribution is 5.83. The second kappa shape index (κ2) is 10.4. The van der Waals surface area contributed by atoms with Gasteiger partial charge in [-0.15, -0.1) is 0 Å². The summed E-state index contributed by atoms with van der Waals surface area (Å²) in [7, 11) is 0. The summed E-state index contributed by atoms with van der Waals surface area (Å²) in [5.74, 6) is 2.22. The number of nitrogens with zero attached hydrogens (tertiary/aromatic N) is 6. The number of ether oxygens (including phenoxy) is 1. The van der Waals surface area contributed by atoms with Gasteiger partial charge < -0.3 is 19.6 Å². The van der Waals surface area contributed by atoms with Crippen LogP contribution in [0.15, 0.2) is 66.9 Å². The Morgan fingerprint density at radius 1 is 0.868 bits per heavy atom. The lowest BCUT2D eigenvalue weighted by atomic mass is 10.0. The molecule has 0 aliphatic carbocycles. The normalized spacial score (nSPS) is 15.2. The van der Waals surface area contributed by atoms with Crippen LogP contribution >= 0.6 is 0 Å². The molecule has 0 radical (unpaired) electrons. The molecule has 0 bridgehead atoms. The lowest BCUT2D eigenvalue weighted by Gasteiger charge is -2.34. The number of anilines is 3. The second-order valence-electron chi connectivity index (χ2n) is 9.18. The van der Waals surface area contributed by atoms with Gasteiger partial charge in [0, 0.05) is 48.2 Å². The van der Waals surface area contributed by atoms with E-state index in [0.29, 0.717) is 37.2 Å². The summed E-state index contributed by atoms with van der Waals surface area (Å²) in [6.45, 7) is 4.21. The van der Waals surface area contributed by atoms with Crippen LogP contribution in [-0.4, -0.2) is 64.0 Å². The van der Waals surface area contributed by atoms with Crippen LogP contribution < -0.4 is 15.1 Å². The molecule has 4 heterocycles. The smallest absolute Gasteiger partial charge is 0.409 e. The van der Waals surface area contributed by atoms with E-state index in [1.165, 1.54) is 0 Å². The molecule has 0 atom stereocenters. The number of carboxylic acid groups (broad SMARTS) is 1. The second-order valence-corrected chi connectivity index (χ2v) is 9.18. The van der Waals surface area contributed by atoms with Gasteiger partial charge in [0.1, 0.15) is 5.82 Å². The number of carbonyl (C=O) groups is 1. The van der Waals surface area contributed by atoms with Crippen LogP contribution in [0.25, 0.3) is 22.6 Å². The number of amides is 1. The van der Waals surface area contributed by atoms with Crippen molar-refractivity contribution in [2.75, 3.05) is 48.0 Å². The van der Waals surface area contributed by atoms with Gasteiger partial charge in [-0.25, -0.2) is 24.7 Å². The van der Waals surface area contributed by atoms with E-state index < -0.39 is 6.09 Å². The van der Waals surface area contributed by atoms with Crippen molar-refractivity contribution >= 4 is 23.5 Å². The molecule has 2 aliphatic rings. The van der Waals surface area contributed by atoms with Crippen molar-refractivity contribution in [2.24, 2.45) is 0 Å². The molecule has 1 saturated heterocycles. The summed E-state index contributed by atoms with van der Waals surface area (Å²) in [6, 6.07) is 19.1. The minimum atomic E-state index is -1.10. The number of aromatic nitrogens is 4. The fourth-order valence-electron chi connectivity index (χ4n) is 4.84. The Bertz CT molecular complexity index is 1440. The molecule has 2 N–H and O–H groups in total. The van der Waals surface area contributed by atoms with Crippen molar-refractivity contribution in [1.82, 2.24) is 19.9 Å². The third kappa shape index (κ3) is 4.98. The van der Waals surface area contributed by atoms with Crippen LogP contribution in [-0.2, 0) is 17.7 Å². The summed E-state index contributed by atoms with van der Waals surface area (Å²) in [6.07, 6.45) is 1.48. The Balaban J connectivity index is 1.35. The van der Waals surface area contributed by atoms with Crippen molar-refractivity contribution in [3.63, 3.8) is 0 Å². The first-order chi connectivity index (χ1) is 18.6. The molecule has 4 aromatic rings. The predicted octanol–water partition coefficient (Wildman–Crippen LogP) is 4.09. The number of benzene rings is 2. The zero-order chi connectivity index (χ0) is 25.9. The molecule has 38 heavy (non-hydrogen) atoms. The highest BCUT2D eigenvalue weighted by atomic mass is 16.5. The van der Waals surface area contributed by atoms with Gasteiger partial charge in [0.15, 0.2) is 5.82 Å². The Kier molecular flexibility index (Phi) is 6.53. The molecule has 2 aromatic heterocycles. The number of rotatable bonds is 5. The number of nitrogens with one attached hydrogen (secondary N) is 1. The SMILES string of the molecule is O=C(O)Nc1ccc(-c2nc3c(c(N4CCOCC4)n2)CCN(c2nccc(-c4ccccc4)n2)C3)cc1. The maximum absolute atomic E-state index is 11.0. The van der Waals surface area contributed by atoms with E-state index >= 15 is 0 Å². The monoisotopic (exact) mass is 509 g/mol. The lowest BCUT2D eigenvalue weighted by molar-refractivity contribution is 0.122. The minimum Gasteiger partial charge on any atom is -0.465 e. The molecule has 10 heteroatoms. The zero-order valence-corrected chi connectivity index (χ0v) is 20.7. The minimum absolute atomic E-state index is 0.495. The van der Waals surface area contributed by atoms with Gasteiger partial charge in [-0.2, -0.15) is 0 Å². The molecule has 2 aromatic carbocycles. The number of hydrogen-bond donors (Lipinski definition) is 2. The molecular formula is C28H27N7O3. The van der Waals surface area contributed by atoms with Crippen LogP contribution in [0.2, 0.25) is 0 Å². The van der Waals surface area contributed by atoms with Gasteiger partial charge in [-0.1, -0.05) is 30.3 Å². The average molecular weight is 510 g/mol. The van der Waals surface area contributed by atoms with E-state index in [1.54, 1.807) is 18.3 Å². The van der Waals surface area contributed by atoms with Gasteiger partial charge in [0.2, 0.25) is 5.95 Å². The average Bonchev–Trinajstić information content (AvgIpc) is 2.97. The summed E-state index contributed by atoms with van der Waals surface area (Å²) in [5.41, 5.74) is 5.34. The summed E-state index contributed by atoms with van der Waals surface area (Å²) in [4.78, 5) is 34.8. The van der Waals surface area contributed by atoms with Crippen LogP contribution in [0, 0.1) is 0 Å². The molecule has 6 rings (SSSR count). The van der Waals surface area contributed by atoms with Gasteiger partial charge in [0.05, 0.1) is 31.1 Å². The number of fused-ring (bicyclic) bond motifs is 1. The summed E-state index contributed by atoms with van der Waals surface area (Å²) >= 11 is 0. The van der Waals surface area contributed by atoms with Crippen LogP contribution in [0.4, 0.5) is 22.2 Å². The highest BCUT2D eigenvalue weighted by Crippen LogP contribution is 2.32. The molecule has 10 nitrogen and oxygen atoms in total. The van der Waals surface area contributed by atoms with Crippen molar-refractivity contribution < 1.29 is 14.6 Å². The quantitative estimate of drug-likeness (QED) is 0.410. The van der Waals surface area contributed by atoms with Gasteiger partial charge >= 0.3 is 6.09 Å². The Morgan fingerprint density at radius 3 is 2.42 bits per heavy atom. The number of morpholine rings is 1. The standard InChI is InChI=1S/C28H27N7O3/c36-28(37)30-21-8-6-20(7-9-21)25-31-24-18-35(13-11-22(24)26(33-25)34-14-16-38-17-15-34)27-29-12-10-23(32-27)19-4-2-1-3-5-19/h1-10,12,30H,11,13-18H2,(H,36,37). The maximum atomic E-state index is 11.0. The zero-order valence-electron chi connectivity index (χ0n) is 20.7. The van der Waals surface area contributed by atoms with Gasteiger partial charge in [-0.3, -0.25) is 5.32 Å². The van der Waals surface area contributed by atoms with Gasteiger partial charge in [-0.05, 0) is 36.8 Å². The maximum Gasteiger partial charge on any atom is 0.409 e. The topological polar surface area (TPSA) is 117 Å². The van der Waals surface area contributed by atoms with Crippen molar-refractivity contribution in [2.45, 2.75) is 13.0 Å². The van der Waals surface area contributed by atoms with E-state index in [9.17, 15) is 4.79 Å². The van der Waals surface area contributed by atoms with Crippen LogP contribution in [0.3, 0.4) is 0 Å². The first-order valence-corrected chi connectivity index (χ1v) is 12.6. The molecule has 1 amide bonds. The summed E-state index contributed by atoms with van der Waals surface area (Å²) in [5, 5.41) is 11.4. The van der Waals surface area contributed by atoms with E-state index in [4.69, 9.17) is 24.8 Å². The van der Waals surface area contributed by atoms with E-state index in [2.05, 4.69) is 20.1 Å². The third-order valence-corrected chi connectivity index (χ3v) is 6.74. The van der Waals surface area contributed by atoms with E-state index in [0.717, 1.165) is 60.0 Å². The lowest BCUT2D eigenvalue weighted by Crippen LogP contribution is -2.40. The Labute approximate surface area is 220 Å². The fraction of sp³-hybridized carbons (Fsp3) is 0.250. The molecule has 1 fully saturated rings. The van der Waals surface area contributed by atoms with Crippen LogP contribution in [0.1, 0.15) is 11.3 Å². The molecule has 0 spiro atoms. The fourth-order valence-corrected chi connectivity index (χ4v) is 4.84. The van der Waals surface area contributed by atoms with E-state index in [-0.39, 0.29) is 0 Å². The van der Waals surface area contributed by atoms with Crippen molar-refractivity contribution in [3.05, 3.63) is 78.1 Å². The Hall–Kier alpha value is -4.57. The number of hydrogen-bond acceptors (Lipinski definition) is 8. The molecule has 192 valence electrons. The van der Waals surface area contributed by atoms with Crippen LogP contribution in [0.5, 0.6) is 0 Å². The van der Waals surface area contributed by atoms with Crippen molar-refractivity contribution in [1.29, 1.82) is 0 Å². The van der Waals surface area contributed by atoms with E-state index in [1.807, 2.05) is 48.5 Å². The Morgan fingerprint density at radius 2 is 1.66 bits per heavy atom.